The molecule has 0 saturated heterocycles. The predicted octanol–water partition coefficient (Wildman–Crippen LogP) is 3.14. The van der Waals surface area contributed by atoms with Gasteiger partial charge in [-0.2, -0.15) is 5.26 Å². The Bertz CT molecular complexity index is 762. The molecule has 1 fully saturated rings. The Kier molecular flexibility index (Phi) is 7.62. The Morgan fingerprint density at radius 1 is 1.25 bits per heavy atom. The van der Waals surface area contributed by atoms with Crippen molar-refractivity contribution in [2.75, 3.05) is 25.6 Å². The molecule has 0 spiro atoms. The van der Waals surface area contributed by atoms with Crippen LogP contribution in [0.2, 0.25) is 0 Å². The molecule has 6 heteroatoms. The summed E-state index contributed by atoms with van der Waals surface area (Å²) in [6.07, 6.45) is 4.67. The first-order chi connectivity index (χ1) is 13.3. The second-order valence-corrected chi connectivity index (χ2v) is 7.67. The number of hydrogen-bond donors (Lipinski definition) is 1. The average Bonchev–Trinajstić information content (AvgIpc) is 2.68. The average molecular weight is 383 g/mol. The van der Waals surface area contributed by atoms with E-state index in [0.717, 1.165) is 18.5 Å². The van der Waals surface area contributed by atoms with Crippen molar-refractivity contribution in [2.45, 2.75) is 39.2 Å². The first kappa shape index (κ1) is 21.5. The molecule has 0 aliphatic heterocycles. The molecule has 6 nitrogen and oxygen atoms in total. The molecule has 1 saturated carbocycles. The van der Waals surface area contributed by atoms with Gasteiger partial charge in [0.1, 0.15) is 11.6 Å². The number of carbonyl (C=O) groups excluding carboxylic acids is 2. The lowest BCUT2D eigenvalue weighted by atomic mass is 9.78. The number of ether oxygens (including phenoxy) is 1. The highest BCUT2D eigenvalue weighted by molar-refractivity contribution is 5.98. The molecule has 0 bridgehead atoms. The van der Waals surface area contributed by atoms with Crippen LogP contribution in [0.15, 0.2) is 29.8 Å². The molecule has 1 aliphatic carbocycles. The van der Waals surface area contributed by atoms with Crippen LogP contribution < -0.4 is 10.2 Å². The van der Waals surface area contributed by atoms with E-state index in [0.29, 0.717) is 17.4 Å². The maximum Gasteiger partial charge on any atom is 0.349 e. The zero-order valence-corrected chi connectivity index (χ0v) is 17.1. The van der Waals surface area contributed by atoms with Gasteiger partial charge < -0.3 is 15.0 Å². The molecule has 2 rings (SSSR count). The van der Waals surface area contributed by atoms with Gasteiger partial charge in [-0.05, 0) is 42.0 Å². The minimum Gasteiger partial charge on any atom is -0.451 e. The zero-order chi connectivity index (χ0) is 20.7. The normalized spacial score (nSPS) is 22.1. The molecule has 1 amide bonds. The summed E-state index contributed by atoms with van der Waals surface area (Å²) in [6, 6.07) is 9.38. The third-order valence-corrected chi connectivity index (χ3v) is 5.45. The van der Waals surface area contributed by atoms with E-state index in [9.17, 15) is 14.9 Å². The molecular formula is C22H29N3O3. The first-order valence-electron chi connectivity index (χ1n) is 9.67. The summed E-state index contributed by atoms with van der Waals surface area (Å²) in [7, 11) is 3.87. The minimum atomic E-state index is -0.792. The Hall–Kier alpha value is -2.81. The van der Waals surface area contributed by atoms with E-state index in [-0.39, 0.29) is 24.1 Å². The topological polar surface area (TPSA) is 82.4 Å². The van der Waals surface area contributed by atoms with Gasteiger partial charge in [0, 0.05) is 25.8 Å². The third kappa shape index (κ3) is 5.85. The second-order valence-electron chi connectivity index (χ2n) is 7.67. The Morgan fingerprint density at radius 2 is 1.93 bits per heavy atom. The van der Waals surface area contributed by atoms with Crippen LogP contribution in [0.1, 0.15) is 38.7 Å². The SMILES string of the molecule is C[C@@H]1[C@H](C)CCC[C@@H]1NC(=O)COC(=O)/C(C#N)=C/c1ccc(N(C)C)cc1. The number of nitrogens with one attached hydrogen (secondary N) is 1. The maximum absolute atomic E-state index is 12.2. The van der Waals surface area contributed by atoms with Crippen LogP contribution in [0.3, 0.4) is 0 Å². The summed E-state index contributed by atoms with van der Waals surface area (Å²) in [5, 5.41) is 12.2. The number of esters is 1. The molecule has 0 heterocycles. The van der Waals surface area contributed by atoms with Gasteiger partial charge in [0.2, 0.25) is 0 Å². The maximum atomic E-state index is 12.2. The molecule has 0 unspecified atom stereocenters. The highest BCUT2D eigenvalue weighted by atomic mass is 16.5. The summed E-state index contributed by atoms with van der Waals surface area (Å²) in [4.78, 5) is 26.3. The lowest BCUT2D eigenvalue weighted by Crippen LogP contribution is -2.45. The van der Waals surface area contributed by atoms with Crippen LogP contribution in [0.25, 0.3) is 6.08 Å². The summed E-state index contributed by atoms with van der Waals surface area (Å²) >= 11 is 0. The van der Waals surface area contributed by atoms with Crippen molar-refractivity contribution in [1.82, 2.24) is 5.32 Å². The van der Waals surface area contributed by atoms with Gasteiger partial charge in [-0.3, -0.25) is 4.79 Å². The number of benzene rings is 1. The molecule has 1 N–H and O–H groups in total. The monoisotopic (exact) mass is 383 g/mol. The van der Waals surface area contributed by atoms with Gasteiger partial charge in [-0.25, -0.2) is 4.79 Å². The van der Waals surface area contributed by atoms with Gasteiger partial charge in [0.05, 0.1) is 0 Å². The van der Waals surface area contributed by atoms with Gasteiger partial charge in [-0.15, -0.1) is 0 Å². The molecular weight excluding hydrogens is 354 g/mol. The lowest BCUT2D eigenvalue weighted by Gasteiger charge is -2.34. The minimum absolute atomic E-state index is 0.108. The molecule has 0 radical (unpaired) electrons. The largest absolute Gasteiger partial charge is 0.451 e. The fraction of sp³-hybridized carbons (Fsp3) is 0.500. The number of hydrogen-bond acceptors (Lipinski definition) is 5. The smallest absolute Gasteiger partial charge is 0.349 e. The fourth-order valence-electron chi connectivity index (χ4n) is 3.42. The van der Waals surface area contributed by atoms with Gasteiger partial charge in [0.15, 0.2) is 6.61 Å². The number of carbonyl (C=O) groups is 2. The van der Waals surface area contributed by atoms with Crippen LogP contribution in [-0.2, 0) is 14.3 Å². The van der Waals surface area contributed by atoms with Crippen LogP contribution >= 0.6 is 0 Å². The molecule has 150 valence electrons. The van der Waals surface area contributed by atoms with E-state index < -0.39 is 5.97 Å². The molecule has 3 atom stereocenters. The number of nitriles is 1. The van der Waals surface area contributed by atoms with Crippen LogP contribution in [0.5, 0.6) is 0 Å². The molecule has 0 aromatic heterocycles. The van der Waals surface area contributed by atoms with Crippen molar-refractivity contribution in [3.8, 4) is 6.07 Å². The lowest BCUT2D eigenvalue weighted by molar-refractivity contribution is -0.144. The van der Waals surface area contributed by atoms with Crippen molar-refractivity contribution < 1.29 is 14.3 Å². The summed E-state index contributed by atoms with van der Waals surface area (Å²) in [5.41, 5.74) is 1.60. The van der Waals surface area contributed by atoms with Gasteiger partial charge in [0.25, 0.3) is 5.91 Å². The van der Waals surface area contributed by atoms with E-state index in [1.807, 2.05) is 49.3 Å². The third-order valence-electron chi connectivity index (χ3n) is 5.45. The highest BCUT2D eigenvalue weighted by Crippen LogP contribution is 2.29. The van der Waals surface area contributed by atoms with Crippen molar-refractivity contribution in [1.29, 1.82) is 5.26 Å². The molecule has 1 aliphatic rings. The Labute approximate surface area is 167 Å². The number of anilines is 1. The number of rotatable bonds is 6. The standard InChI is InChI=1S/C22H29N3O3/c1-15-6-5-7-20(16(15)2)24-21(26)14-28-22(27)18(13-23)12-17-8-10-19(11-9-17)25(3)4/h8-12,15-16,20H,5-7,14H2,1-4H3,(H,24,26)/b18-12+/t15-,16-,20+/m1/s1. The first-order valence-corrected chi connectivity index (χ1v) is 9.67. The van der Waals surface area contributed by atoms with E-state index >= 15 is 0 Å². The van der Waals surface area contributed by atoms with Crippen molar-refractivity contribution in [3.63, 3.8) is 0 Å². The van der Waals surface area contributed by atoms with E-state index in [4.69, 9.17) is 4.74 Å². The highest BCUT2D eigenvalue weighted by Gasteiger charge is 2.28. The van der Waals surface area contributed by atoms with Crippen molar-refractivity contribution in [3.05, 3.63) is 35.4 Å². The van der Waals surface area contributed by atoms with Crippen molar-refractivity contribution in [2.24, 2.45) is 11.8 Å². The van der Waals surface area contributed by atoms with Crippen LogP contribution in [-0.4, -0.2) is 38.6 Å². The predicted molar refractivity (Wildman–Crippen MR) is 109 cm³/mol. The molecule has 1 aromatic carbocycles. The Morgan fingerprint density at radius 3 is 2.54 bits per heavy atom. The molecule has 28 heavy (non-hydrogen) atoms. The van der Waals surface area contributed by atoms with Crippen LogP contribution in [0.4, 0.5) is 5.69 Å². The summed E-state index contributed by atoms with van der Waals surface area (Å²) in [6.45, 7) is 3.95. The molecule has 1 aromatic rings. The van der Waals surface area contributed by atoms with Gasteiger partial charge >= 0.3 is 5.97 Å². The summed E-state index contributed by atoms with van der Waals surface area (Å²) in [5.74, 6) is -0.159. The van der Waals surface area contributed by atoms with Crippen LogP contribution in [0, 0.1) is 23.2 Å². The summed E-state index contributed by atoms with van der Waals surface area (Å²) < 4.78 is 5.04. The Balaban J connectivity index is 1.91. The van der Waals surface area contributed by atoms with E-state index in [2.05, 4.69) is 19.2 Å². The van der Waals surface area contributed by atoms with Gasteiger partial charge in [-0.1, -0.05) is 38.8 Å². The van der Waals surface area contributed by atoms with E-state index in [1.165, 1.54) is 12.5 Å². The number of nitrogens with zero attached hydrogens (tertiary/aromatic N) is 2. The quantitative estimate of drug-likeness (QED) is 0.464. The number of amides is 1. The van der Waals surface area contributed by atoms with E-state index in [1.54, 1.807) is 0 Å². The second kappa shape index (κ2) is 9.93. The fourth-order valence-corrected chi connectivity index (χ4v) is 3.42. The zero-order valence-electron chi connectivity index (χ0n) is 17.1. The van der Waals surface area contributed by atoms with Crippen molar-refractivity contribution >= 4 is 23.6 Å².